The minimum Gasteiger partial charge on any atom is -0.493 e. The normalized spacial score (nSPS) is 10.2. The molecule has 0 fully saturated rings. The van der Waals surface area contributed by atoms with E-state index in [9.17, 15) is 4.79 Å². The number of aldehydes is 1. The topological polar surface area (TPSA) is 44.8 Å². The molecule has 0 aliphatic heterocycles. The molecule has 0 aliphatic carbocycles. The second-order valence-electron chi connectivity index (χ2n) is 5.01. The first-order chi connectivity index (χ1) is 11.2. The highest BCUT2D eigenvalue weighted by Crippen LogP contribution is 2.40. The van der Waals surface area contributed by atoms with Crippen LogP contribution in [0.2, 0.25) is 0 Å². The first-order valence-corrected chi connectivity index (χ1v) is 7.76. The zero-order valence-corrected chi connectivity index (χ0v) is 13.8. The molecule has 4 heteroatoms. The molecule has 0 saturated carbocycles. The van der Waals surface area contributed by atoms with Crippen molar-refractivity contribution in [2.75, 3.05) is 13.2 Å². The van der Waals surface area contributed by atoms with E-state index in [1.807, 2.05) is 51.1 Å². The van der Waals surface area contributed by atoms with Crippen molar-refractivity contribution in [3.63, 3.8) is 0 Å². The monoisotopic (exact) mass is 314 g/mol. The van der Waals surface area contributed by atoms with Crippen LogP contribution >= 0.6 is 0 Å². The lowest BCUT2D eigenvalue weighted by atomic mass is 10.1. The Bertz CT molecular complexity index is 650. The van der Waals surface area contributed by atoms with Gasteiger partial charge in [0.05, 0.1) is 18.8 Å². The van der Waals surface area contributed by atoms with Crippen LogP contribution in [-0.2, 0) is 6.61 Å². The number of carbonyl (C=O) groups is 1. The molecule has 0 aliphatic rings. The van der Waals surface area contributed by atoms with Crippen LogP contribution in [0.15, 0.2) is 36.4 Å². The predicted octanol–water partition coefficient (Wildman–Crippen LogP) is 4.18. The summed E-state index contributed by atoms with van der Waals surface area (Å²) < 4.78 is 17.2. The van der Waals surface area contributed by atoms with Crippen LogP contribution in [0.3, 0.4) is 0 Å². The number of carbonyl (C=O) groups excluding carboxylic acids is 1. The van der Waals surface area contributed by atoms with E-state index in [0.29, 0.717) is 42.6 Å². The van der Waals surface area contributed by atoms with Gasteiger partial charge in [-0.2, -0.15) is 0 Å². The van der Waals surface area contributed by atoms with Gasteiger partial charge in [-0.3, -0.25) is 4.79 Å². The Morgan fingerprint density at radius 1 is 0.957 bits per heavy atom. The molecule has 122 valence electrons. The molecule has 0 aromatic heterocycles. The highest BCUT2D eigenvalue weighted by molar-refractivity contribution is 5.83. The lowest BCUT2D eigenvalue weighted by molar-refractivity contribution is 0.111. The van der Waals surface area contributed by atoms with Crippen molar-refractivity contribution < 1.29 is 19.0 Å². The molecule has 4 nitrogen and oxygen atoms in total. The maximum Gasteiger partial charge on any atom is 0.172 e. The number of hydrogen-bond donors (Lipinski definition) is 0. The van der Waals surface area contributed by atoms with Gasteiger partial charge >= 0.3 is 0 Å². The summed E-state index contributed by atoms with van der Waals surface area (Å²) >= 11 is 0. The second-order valence-corrected chi connectivity index (χ2v) is 5.01. The van der Waals surface area contributed by atoms with E-state index in [-0.39, 0.29) is 0 Å². The maximum absolute atomic E-state index is 11.5. The summed E-state index contributed by atoms with van der Waals surface area (Å²) in [5, 5.41) is 0. The molecular weight excluding hydrogens is 292 g/mol. The van der Waals surface area contributed by atoms with Crippen LogP contribution in [0.25, 0.3) is 0 Å². The zero-order valence-electron chi connectivity index (χ0n) is 13.8. The molecule has 0 spiro atoms. The summed E-state index contributed by atoms with van der Waals surface area (Å²) in [5.41, 5.74) is 2.29. The van der Waals surface area contributed by atoms with Crippen molar-refractivity contribution in [1.29, 1.82) is 0 Å². The van der Waals surface area contributed by atoms with Crippen molar-refractivity contribution in [3.05, 3.63) is 53.1 Å². The third kappa shape index (κ3) is 4.03. The van der Waals surface area contributed by atoms with Gasteiger partial charge in [0.2, 0.25) is 0 Å². The van der Waals surface area contributed by atoms with Crippen LogP contribution in [0.5, 0.6) is 17.2 Å². The Balaban J connectivity index is 2.38. The maximum atomic E-state index is 11.5. The van der Waals surface area contributed by atoms with Gasteiger partial charge in [-0.25, -0.2) is 0 Å². The van der Waals surface area contributed by atoms with Crippen molar-refractivity contribution >= 4 is 6.29 Å². The summed E-state index contributed by atoms with van der Waals surface area (Å²) in [4.78, 5) is 11.5. The molecule has 23 heavy (non-hydrogen) atoms. The van der Waals surface area contributed by atoms with E-state index in [4.69, 9.17) is 14.2 Å². The van der Waals surface area contributed by atoms with Gasteiger partial charge in [0.25, 0.3) is 0 Å². The van der Waals surface area contributed by atoms with Crippen molar-refractivity contribution in [1.82, 2.24) is 0 Å². The fourth-order valence-corrected chi connectivity index (χ4v) is 2.32. The first-order valence-electron chi connectivity index (χ1n) is 7.76. The standard InChI is InChI=1S/C19H22O4/c1-4-21-17-11-16(12-20)19(18(14(17)3)22-5-2)23-13-15-9-7-6-8-10-15/h6-12H,4-5,13H2,1-3H3. The van der Waals surface area contributed by atoms with E-state index >= 15 is 0 Å². The molecule has 0 heterocycles. The molecule has 2 rings (SSSR count). The van der Waals surface area contributed by atoms with Gasteiger partial charge in [0, 0.05) is 5.56 Å². The molecule has 0 atom stereocenters. The largest absolute Gasteiger partial charge is 0.493 e. The quantitative estimate of drug-likeness (QED) is 0.686. The summed E-state index contributed by atoms with van der Waals surface area (Å²) in [5.74, 6) is 1.67. The molecule has 0 N–H and O–H groups in total. The molecule has 0 saturated heterocycles. The second kappa shape index (κ2) is 8.22. The lowest BCUT2D eigenvalue weighted by Gasteiger charge is -2.19. The van der Waals surface area contributed by atoms with E-state index in [1.165, 1.54) is 0 Å². The molecule has 0 amide bonds. The third-order valence-corrected chi connectivity index (χ3v) is 3.41. The minimum atomic E-state index is 0.370. The molecule has 0 radical (unpaired) electrons. The van der Waals surface area contributed by atoms with E-state index in [2.05, 4.69) is 0 Å². The summed E-state index contributed by atoms with van der Waals surface area (Å²) in [6, 6.07) is 11.5. The highest BCUT2D eigenvalue weighted by atomic mass is 16.5. The zero-order chi connectivity index (χ0) is 16.7. The highest BCUT2D eigenvalue weighted by Gasteiger charge is 2.19. The molecular formula is C19H22O4. The first kappa shape index (κ1) is 16.9. The number of rotatable bonds is 8. The van der Waals surface area contributed by atoms with Crippen molar-refractivity contribution in [2.24, 2.45) is 0 Å². The van der Waals surface area contributed by atoms with Gasteiger partial charge < -0.3 is 14.2 Å². The van der Waals surface area contributed by atoms with Gasteiger partial charge in [-0.15, -0.1) is 0 Å². The van der Waals surface area contributed by atoms with E-state index < -0.39 is 0 Å². The van der Waals surface area contributed by atoms with Crippen molar-refractivity contribution in [2.45, 2.75) is 27.4 Å². The fourth-order valence-electron chi connectivity index (χ4n) is 2.32. The molecule has 2 aromatic carbocycles. The van der Waals surface area contributed by atoms with Gasteiger partial charge in [-0.05, 0) is 32.4 Å². The van der Waals surface area contributed by atoms with Crippen LogP contribution in [0.4, 0.5) is 0 Å². The van der Waals surface area contributed by atoms with E-state index in [1.54, 1.807) is 6.07 Å². The fraction of sp³-hybridized carbons (Fsp3) is 0.316. The SMILES string of the molecule is CCOc1cc(C=O)c(OCc2ccccc2)c(OCC)c1C. The Morgan fingerprint density at radius 2 is 1.65 bits per heavy atom. The Kier molecular flexibility index (Phi) is 6.03. The Hall–Kier alpha value is -2.49. The molecule has 2 aromatic rings. The average molecular weight is 314 g/mol. The number of ether oxygens (including phenoxy) is 3. The average Bonchev–Trinajstić information content (AvgIpc) is 2.58. The van der Waals surface area contributed by atoms with Crippen LogP contribution in [0, 0.1) is 6.92 Å². The van der Waals surface area contributed by atoms with Gasteiger partial charge in [-0.1, -0.05) is 30.3 Å². The van der Waals surface area contributed by atoms with Crippen LogP contribution in [0.1, 0.15) is 35.3 Å². The Labute approximate surface area is 137 Å². The Morgan fingerprint density at radius 3 is 2.26 bits per heavy atom. The number of hydrogen-bond acceptors (Lipinski definition) is 4. The van der Waals surface area contributed by atoms with E-state index in [0.717, 1.165) is 17.4 Å². The summed E-state index contributed by atoms with van der Waals surface area (Å²) in [6.07, 6.45) is 0.769. The molecule has 0 unspecified atom stereocenters. The smallest absolute Gasteiger partial charge is 0.172 e. The van der Waals surface area contributed by atoms with Crippen molar-refractivity contribution in [3.8, 4) is 17.2 Å². The van der Waals surface area contributed by atoms with Crippen LogP contribution < -0.4 is 14.2 Å². The van der Waals surface area contributed by atoms with Gasteiger partial charge in [0.15, 0.2) is 17.8 Å². The molecule has 0 bridgehead atoms. The minimum absolute atomic E-state index is 0.370. The summed E-state index contributed by atoms with van der Waals surface area (Å²) in [6.45, 7) is 7.08. The van der Waals surface area contributed by atoms with Crippen LogP contribution in [-0.4, -0.2) is 19.5 Å². The lowest BCUT2D eigenvalue weighted by Crippen LogP contribution is -2.06. The predicted molar refractivity (Wildman–Crippen MR) is 89.7 cm³/mol. The number of benzene rings is 2. The third-order valence-electron chi connectivity index (χ3n) is 3.41. The van der Waals surface area contributed by atoms with Gasteiger partial charge in [0.1, 0.15) is 12.4 Å². The summed E-state index contributed by atoms with van der Waals surface area (Å²) in [7, 11) is 0.